The fourth-order valence-corrected chi connectivity index (χ4v) is 3.78. The molecule has 8 heteroatoms. The second-order valence-corrected chi connectivity index (χ2v) is 8.10. The predicted octanol–water partition coefficient (Wildman–Crippen LogP) is 1.75. The van der Waals surface area contributed by atoms with Crippen LogP contribution in [0.1, 0.15) is 19.3 Å². The molecule has 1 aliphatic heterocycles. The third-order valence-corrected chi connectivity index (χ3v) is 5.89. The van der Waals surface area contributed by atoms with Crippen molar-refractivity contribution in [2.24, 2.45) is 0 Å². The first-order valence-corrected chi connectivity index (χ1v) is 9.76. The number of carbonyl (C=O) groups excluding carboxylic acids is 1. The van der Waals surface area contributed by atoms with Crippen LogP contribution in [0.15, 0.2) is 33.6 Å². The quantitative estimate of drug-likeness (QED) is 0.783. The molecule has 1 fully saturated rings. The third-order valence-electron chi connectivity index (χ3n) is 3.88. The zero-order valence-corrected chi connectivity index (χ0v) is 15.4. The maximum absolute atomic E-state index is 12.1. The minimum absolute atomic E-state index is 0.0296. The number of sulfonamides is 1. The molecule has 1 saturated heterocycles. The van der Waals surface area contributed by atoms with E-state index in [9.17, 15) is 13.2 Å². The van der Waals surface area contributed by atoms with Gasteiger partial charge < -0.3 is 9.64 Å². The Morgan fingerprint density at radius 2 is 1.91 bits per heavy atom. The van der Waals surface area contributed by atoms with Crippen molar-refractivity contribution in [3.05, 3.63) is 28.7 Å². The Labute approximate surface area is 145 Å². The molecule has 0 atom stereocenters. The number of nitrogens with one attached hydrogen (secondary N) is 1. The second-order valence-electron chi connectivity index (χ2n) is 5.42. The molecule has 1 aromatic rings. The van der Waals surface area contributed by atoms with E-state index in [0.717, 1.165) is 17.3 Å². The van der Waals surface area contributed by atoms with E-state index in [1.807, 2.05) is 0 Å². The average Bonchev–Trinajstić information content (AvgIpc) is 2.55. The predicted molar refractivity (Wildman–Crippen MR) is 90.6 cm³/mol. The molecule has 1 N–H and O–H groups in total. The zero-order chi connectivity index (χ0) is 16.9. The summed E-state index contributed by atoms with van der Waals surface area (Å²) in [6, 6.07) is 6.37. The number of ether oxygens (including phenoxy) is 1. The van der Waals surface area contributed by atoms with Crippen LogP contribution in [0.2, 0.25) is 0 Å². The average molecular weight is 405 g/mol. The molecule has 2 rings (SSSR count). The van der Waals surface area contributed by atoms with E-state index < -0.39 is 10.0 Å². The number of likely N-dealkylation sites (tertiary alicyclic amines) is 1. The number of nitrogens with zero attached hydrogens (tertiary/aromatic N) is 1. The highest BCUT2D eigenvalue weighted by molar-refractivity contribution is 9.10. The van der Waals surface area contributed by atoms with Crippen LogP contribution in [0.25, 0.3) is 0 Å². The van der Waals surface area contributed by atoms with Crippen LogP contribution in [0.5, 0.6) is 0 Å². The Morgan fingerprint density at radius 1 is 1.30 bits per heavy atom. The van der Waals surface area contributed by atoms with Gasteiger partial charge in [0.05, 0.1) is 11.0 Å². The topological polar surface area (TPSA) is 75.7 Å². The number of rotatable bonds is 6. The molecule has 1 aromatic carbocycles. The van der Waals surface area contributed by atoms with Gasteiger partial charge in [-0.25, -0.2) is 13.1 Å². The van der Waals surface area contributed by atoms with Crippen molar-refractivity contribution >= 4 is 31.9 Å². The molecule has 1 aliphatic rings. The highest BCUT2D eigenvalue weighted by atomic mass is 79.9. The summed E-state index contributed by atoms with van der Waals surface area (Å²) in [5, 5.41) is 0. The summed E-state index contributed by atoms with van der Waals surface area (Å²) < 4.78 is 32.8. The SMILES string of the molecule is COC1CCN(C(=O)CCNS(=O)(=O)c2ccc(Br)cc2)CC1. The minimum Gasteiger partial charge on any atom is -0.381 e. The third kappa shape index (κ3) is 5.27. The highest BCUT2D eigenvalue weighted by Crippen LogP contribution is 2.15. The normalized spacial score (nSPS) is 16.5. The number of methoxy groups -OCH3 is 1. The standard InChI is InChI=1S/C15H21BrN2O4S/c1-22-13-7-10-18(11-8-13)15(19)6-9-17-23(20,21)14-4-2-12(16)3-5-14/h2-5,13,17H,6-11H2,1H3. The smallest absolute Gasteiger partial charge is 0.240 e. The van der Waals surface area contributed by atoms with Crippen LogP contribution in [-0.4, -0.2) is 52.1 Å². The van der Waals surface area contributed by atoms with E-state index in [4.69, 9.17) is 4.74 Å². The minimum atomic E-state index is -3.58. The van der Waals surface area contributed by atoms with Crippen LogP contribution in [-0.2, 0) is 19.6 Å². The fraction of sp³-hybridized carbons (Fsp3) is 0.533. The lowest BCUT2D eigenvalue weighted by molar-refractivity contribution is -0.133. The molecule has 0 aromatic heterocycles. The lowest BCUT2D eigenvalue weighted by Crippen LogP contribution is -2.41. The van der Waals surface area contributed by atoms with Crippen LogP contribution in [0.3, 0.4) is 0 Å². The van der Waals surface area contributed by atoms with Gasteiger partial charge in [-0.05, 0) is 37.1 Å². The second kappa shape index (κ2) is 8.23. The van der Waals surface area contributed by atoms with Crippen molar-refractivity contribution in [1.82, 2.24) is 9.62 Å². The first-order valence-electron chi connectivity index (χ1n) is 7.48. The molecular formula is C15H21BrN2O4S. The molecule has 0 bridgehead atoms. The van der Waals surface area contributed by atoms with Crippen LogP contribution < -0.4 is 4.72 Å². The van der Waals surface area contributed by atoms with Crippen molar-refractivity contribution in [1.29, 1.82) is 0 Å². The van der Waals surface area contributed by atoms with Crippen molar-refractivity contribution < 1.29 is 17.9 Å². The van der Waals surface area contributed by atoms with E-state index >= 15 is 0 Å². The molecular weight excluding hydrogens is 384 g/mol. The van der Waals surface area contributed by atoms with Gasteiger partial charge in [0.2, 0.25) is 15.9 Å². The van der Waals surface area contributed by atoms with Crippen molar-refractivity contribution in [2.45, 2.75) is 30.3 Å². The van der Waals surface area contributed by atoms with Crippen LogP contribution >= 0.6 is 15.9 Å². The summed E-state index contributed by atoms with van der Waals surface area (Å²) in [5.74, 6) is -0.0296. The first kappa shape index (κ1) is 18.4. The Bertz CT molecular complexity index is 625. The Balaban J connectivity index is 1.80. The monoisotopic (exact) mass is 404 g/mol. The first-order chi connectivity index (χ1) is 10.9. The maximum atomic E-state index is 12.1. The lowest BCUT2D eigenvalue weighted by Gasteiger charge is -2.31. The van der Waals surface area contributed by atoms with Gasteiger partial charge in [-0.2, -0.15) is 0 Å². The van der Waals surface area contributed by atoms with Crippen LogP contribution in [0.4, 0.5) is 0 Å². The molecule has 0 spiro atoms. The lowest BCUT2D eigenvalue weighted by atomic mass is 10.1. The Morgan fingerprint density at radius 3 is 2.48 bits per heavy atom. The zero-order valence-electron chi connectivity index (χ0n) is 13.0. The molecule has 23 heavy (non-hydrogen) atoms. The van der Waals surface area contributed by atoms with E-state index in [0.29, 0.717) is 13.1 Å². The number of hydrogen-bond donors (Lipinski definition) is 1. The van der Waals surface area contributed by atoms with E-state index in [1.54, 1.807) is 24.1 Å². The largest absolute Gasteiger partial charge is 0.381 e. The summed E-state index contributed by atoms with van der Waals surface area (Å²) in [6.45, 7) is 1.43. The highest BCUT2D eigenvalue weighted by Gasteiger charge is 2.22. The molecule has 0 radical (unpaired) electrons. The van der Waals surface area contributed by atoms with Gasteiger partial charge in [-0.1, -0.05) is 15.9 Å². The summed E-state index contributed by atoms with van der Waals surface area (Å²) in [7, 11) is -1.90. The molecule has 6 nitrogen and oxygen atoms in total. The Hall–Kier alpha value is -0.960. The number of carbonyl (C=O) groups is 1. The summed E-state index contributed by atoms with van der Waals surface area (Å²) in [6.07, 6.45) is 2.03. The molecule has 1 heterocycles. The number of hydrogen-bond acceptors (Lipinski definition) is 4. The molecule has 0 aliphatic carbocycles. The van der Waals surface area contributed by atoms with Gasteiger partial charge in [0.1, 0.15) is 0 Å². The van der Waals surface area contributed by atoms with Gasteiger partial charge in [-0.3, -0.25) is 4.79 Å². The van der Waals surface area contributed by atoms with Crippen molar-refractivity contribution in [3.8, 4) is 0 Å². The Kier molecular flexibility index (Phi) is 6.58. The van der Waals surface area contributed by atoms with Crippen molar-refractivity contribution in [3.63, 3.8) is 0 Å². The number of piperidine rings is 1. The van der Waals surface area contributed by atoms with Gasteiger partial charge in [0, 0.05) is 37.6 Å². The van der Waals surface area contributed by atoms with E-state index in [-0.39, 0.29) is 29.9 Å². The van der Waals surface area contributed by atoms with Gasteiger partial charge >= 0.3 is 0 Å². The van der Waals surface area contributed by atoms with E-state index in [1.165, 1.54) is 12.1 Å². The summed E-state index contributed by atoms with van der Waals surface area (Å²) >= 11 is 3.26. The molecule has 128 valence electrons. The molecule has 0 unspecified atom stereocenters. The van der Waals surface area contributed by atoms with Gasteiger partial charge in [0.15, 0.2) is 0 Å². The van der Waals surface area contributed by atoms with Crippen molar-refractivity contribution in [2.75, 3.05) is 26.7 Å². The number of halogens is 1. The van der Waals surface area contributed by atoms with Crippen LogP contribution in [0, 0.1) is 0 Å². The fourth-order valence-electron chi connectivity index (χ4n) is 2.49. The number of amides is 1. The maximum Gasteiger partial charge on any atom is 0.240 e. The van der Waals surface area contributed by atoms with Gasteiger partial charge in [-0.15, -0.1) is 0 Å². The summed E-state index contributed by atoms with van der Waals surface area (Å²) in [4.78, 5) is 14.1. The summed E-state index contributed by atoms with van der Waals surface area (Å²) in [5.41, 5.74) is 0. The molecule has 1 amide bonds. The van der Waals surface area contributed by atoms with Gasteiger partial charge in [0.25, 0.3) is 0 Å². The number of benzene rings is 1. The van der Waals surface area contributed by atoms with E-state index in [2.05, 4.69) is 20.7 Å². The molecule has 0 saturated carbocycles.